The zero-order valence-electron chi connectivity index (χ0n) is 13.9. The van der Waals surface area contributed by atoms with Crippen molar-refractivity contribution in [2.24, 2.45) is 0 Å². The van der Waals surface area contributed by atoms with E-state index in [1.165, 1.54) is 23.7 Å². The number of fused-ring (bicyclic) bond motifs is 2. The smallest absolute Gasteiger partial charge is 0.175 e. The first kappa shape index (κ1) is 16.0. The summed E-state index contributed by atoms with van der Waals surface area (Å²) in [6.07, 6.45) is 5.96. The second-order valence-corrected chi connectivity index (χ2v) is 8.48. The average Bonchev–Trinajstić information content (AvgIpc) is 2.61. The first-order valence-corrected chi connectivity index (χ1v) is 10.2. The minimum absolute atomic E-state index is 0.171. The van der Waals surface area contributed by atoms with Crippen LogP contribution in [0.15, 0.2) is 53.7 Å². The predicted octanol–water partition coefficient (Wildman–Crippen LogP) is 3.52. The summed E-state index contributed by atoms with van der Waals surface area (Å²) < 4.78 is 23.8. The third-order valence-electron chi connectivity index (χ3n) is 4.72. The highest BCUT2D eigenvalue weighted by atomic mass is 32.2. The van der Waals surface area contributed by atoms with E-state index in [2.05, 4.69) is 39.6 Å². The molecule has 1 N–H and O–H groups in total. The number of aryl methyl sites for hydroxylation is 1. The molecule has 1 unspecified atom stereocenters. The Bertz CT molecular complexity index is 1050. The second-order valence-electron chi connectivity index (χ2n) is 6.46. The van der Waals surface area contributed by atoms with Crippen molar-refractivity contribution in [1.29, 1.82) is 0 Å². The zero-order valence-corrected chi connectivity index (χ0v) is 14.8. The largest absolute Gasteiger partial charge is 0.363 e. The molecule has 3 aromatic rings. The number of nitrogens with zero attached hydrogens (tertiary/aromatic N) is 2. The molecule has 4 rings (SSSR count). The van der Waals surface area contributed by atoms with Gasteiger partial charge in [0.25, 0.3) is 0 Å². The molecule has 1 aliphatic carbocycles. The number of nitrogens with one attached hydrogen (secondary N) is 1. The summed E-state index contributed by atoms with van der Waals surface area (Å²) in [4.78, 5) is 8.92. The summed E-state index contributed by atoms with van der Waals surface area (Å²) in [6.45, 7) is 0. The van der Waals surface area contributed by atoms with Crippen molar-refractivity contribution in [2.45, 2.75) is 30.2 Å². The van der Waals surface area contributed by atoms with E-state index in [4.69, 9.17) is 0 Å². The van der Waals surface area contributed by atoms with Crippen LogP contribution in [-0.4, -0.2) is 24.6 Å². The topological polar surface area (TPSA) is 72.0 Å². The minimum Gasteiger partial charge on any atom is -0.363 e. The van der Waals surface area contributed by atoms with E-state index in [-0.39, 0.29) is 10.9 Å². The first-order valence-electron chi connectivity index (χ1n) is 8.31. The van der Waals surface area contributed by atoms with Crippen LogP contribution in [0.3, 0.4) is 0 Å². The Morgan fingerprint density at radius 2 is 1.96 bits per heavy atom. The Hall–Kier alpha value is -2.47. The fraction of sp³-hybridized carbons (Fsp3) is 0.263. The van der Waals surface area contributed by atoms with Gasteiger partial charge in [-0.15, -0.1) is 0 Å². The number of anilines is 1. The SMILES string of the molecule is CS(=O)(=O)c1ccc2ncnc(NC3CCCc4ccccc43)c2c1. The predicted molar refractivity (Wildman–Crippen MR) is 98.4 cm³/mol. The Labute approximate surface area is 147 Å². The molecule has 0 aliphatic heterocycles. The lowest BCUT2D eigenvalue weighted by Crippen LogP contribution is -2.18. The van der Waals surface area contributed by atoms with E-state index in [1.807, 2.05) is 0 Å². The molecule has 1 aliphatic rings. The number of hydrogen-bond donors (Lipinski definition) is 1. The number of sulfone groups is 1. The molecular weight excluding hydrogens is 334 g/mol. The van der Waals surface area contributed by atoms with Gasteiger partial charge < -0.3 is 5.32 Å². The zero-order chi connectivity index (χ0) is 17.4. The van der Waals surface area contributed by atoms with E-state index in [9.17, 15) is 8.42 Å². The lowest BCUT2D eigenvalue weighted by Gasteiger charge is -2.27. The fourth-order valence-electron chi connectivity index (χ4n) is 3.45. The van der Waals surface area contributed by atoms with Gasteiger partial charge in [0.15, 0.2) is 9.84 Å². The molecule has 0 bridgehead atoms. The van der Waals surface area contributed by atoms with Crippen LogP contribution in [0.1, 0.15) is 30.0 Å². The molecule has 25 heavy (non-hydrogen) atoms. The molecule has 1 aromatic heterocycles. The maximum absolute atomic E-state index is 11.9. The number of aromatic nitrogens is 2. The van der Waals surface area contributed by atoms with Gasteiger partial charge in [0.05, 0.1) is 16.5 Å². The van der Waals surface area contributed by atoms with Crippen LogP contribution in [0, 0.1) is 0 Å². The molecule has 0 radical (unpaired) electrons. The molecule has 0 saturated heterocycles. The average molecular weight is 353 g/mol. The normalized spacial score (nSPS) is 17.2. The Balaban J connectivity index is 1.78. The lowest BCUT2D eigenvalue weighted by molar-refractivity contribution is 0.599. The number of hydrogen-bond acceptors (Lipinski definition) is 5. The maximum atomic E-state index is 11.9. The van der Waals surface area contributed by atoms with Crippen molar-refractivity contribution in [3.8, 4) is 0 Å². The van der Waals surface area contributed by atoms with Gasteiger partial charge in [-0.05, 0) is 48.6 Å². The van der Waals surface area contributed by atoms with Crippen molar-refractivity contribution in [3.05, 3.63) is 59.9 Å². The molecule has 0 fully saturated rings. The third kappa shape index (κ3) is 3.09. The van der Waals surface area contributed by atoms with Crippen molar-refractivity contribution in [3.63, 3.8) is 0 Å². The van der Waals surface area contributed by atoms with Gasteiger partial charge in [-0.2, -0.15) is 0 Å². The highest BCUT2D eigenvalue weighted by molar-refractivity contribution is 7.90. The first-order chi connectivity index (χ1) is 12.0. The summed E-state index contributed by atoms with van der Waals surface area (Å²) in [7, 11) is -3.28. The number of rotatable bonds is 3. The van der Waals surface area contributed by atoms with Crippen molar-refractivity contribution in [1.82, 2.24) is 9.97 Å². The summed E-state index contributed by atoms with van der Waals surface area (Å²) in [5.74, 6) is 0.678. The van der Waals surface area contributed by atoms with E-state index in [0.29, 0.717) is 5.82 Å². The molecule has 5 nitrogen and oxygen atoms in total. The fourth-order valence-corrected chi connectivity index (χ4v) is 4.10. The highest BCUT2D eigenvalue weighted by Gasteiger charge is 2.21. The van der Waals surface area contributed by atoms with Gasteiger partial charge >= 0.3 is 0 Å². The Morgan fingerprint density at radius 3 is 2.80 bits per heavy atom. The molecule has 128 valence electrons. The molecule has 0 amide bonds. The van der Waals surface area contributed by atoms with Gasteiger partial charge in [0.1, 0.15) is 12.1 Å². The summed E-state index contributed by atoms with van der Waals surface area (Å²) in [5, 5.41) is 4.24. The Morgan fingerprint density at radius 1 is 1.12 bits per heavy atom. The molecule has 1 atom stereocenters. The van der Waals surface area contributed by atoms with Gasteiger partial charge in [-0.1, -0.05) is 24.3 Å². The molecule has 6 heteroatoms. The van der Waals surface area contributed by atoms with Gasteiger partial charge in [0, 0.05) is 11.6 Å². The third-order valence-corrected chi connectivity index (χ3v) is 5.83. The van der Waals surface area contributed by atoms with Gasteiger partial charge in [-0.25, -0.2) is 18.4 Å². The van der Waals surface area contributed by atoms with Crippen LogP contribution in [0.2, 0.25) is 0 Å². The maximum Gasteiger partial charge on any atom is 0.175 e. The summed E-state index contributed by atoms with van der Waals surface area (Å²) in [5.41, 5.74) is 3.38. The van der Waals surface area contributed by atoms with Crippen molar-refractivity contribution >= 4 is 26.6 Å². The lowest BCUT2D eigenvalue weighted by atomic mass is 9.88. The molecule has 2 aromatic carbocycles. The van der Waals surface area contributed by atoms with Crippen LogP contribution in [0.5, 0.6) is 0 Å². The molecular formula is C19H19N3O2S. The van der Waals surface area contributed by atoms with Crippen molar-refractivity contribution in [2.75, 3.05) is 11.6 Å². The molecule has 0 saturated carbocycles. The van der Waals surface area contributed by atoms with Gasteiger partial charge in [-0.3, -0.25) is 0 Å². The van der Waals surface area contributed by atoms with Crippen LogP contribution < -0.4 is 5.32 Å². The van der Waals surface area contributed by atoms with Crippen LogP contribution in [0.4, 0.5) is 5.82 Å². The monoisotopic (exact) mass is 353 g/mol. The number of benzene rings is 2. The quantitative estimate of drug-likeness (QED) is 0.780. The highest BCUT2D eigenvalue weighted by Crippen LogP contribution is 2.33. The Kier molecular flexibility index (Phi) is 3.92. The van der Waals surface area contributed by atoms with Crippen LogP contribution in [0.25, 0.3) is 10.9 Å². The van der Waals surface area contributed by atoms with E-state index < -0.39 is 9.84 Å². The minimum atomic E-state index is -3.28. The summed E-state index contributed by atoms with van der Waals surface area (Å²) in [6, 6.07) is 13.6. The standard InChI is InChI=1S/C19H19N3O2S/c1-25(23,24)14-9-10-17-16(11-14)19(21-12-20-17)22-18-8-4-6-13-5-2-3-7-15(13)18/h2-3,5,7,9-12,18H,4,6,8H2,1H3,(H,20,21,22). The molecule has 1 heterocycles. The van der Waals surface area contributed by atoms with E-state index in [1.54, 1.807) is 18.2 Å². The van der Waals surface area contributed by atoms with Crippen molar-refractivity contribution < 1.29 is 8.42 Å². The van der Waals surface area contributed by atoms with Crippen LogP contribution >= 0.6 is 0 Å². The van der Waals surface area contributed by atoms with E-state index in [0.717, 1.165) is 30.2 Å². The molecule has 0 spiro atoms. The van der Waals surface area contributed by atoms with Gasteiger partial charge in [0.2, 0.25) is 0 Å². The summed E-state index contributed by atoms with van der Waals surface area (Å²) >= 11 is 0. The van der Waals surface area contributed by atoms with E-state index >= 15 is 0 Å². The van der Waals surface area contributed by atoms with Crippen LogP contribution in [-0.2, 0) is 16.3 Å². The second kappa shape index (κ2) is 6.11.